The number of amides is 1. The first-order valence-corrected chi connectivity index (χ1v) is 9.65. The maximum absolute atomic E-state index is 14.7. The highest BCUT2D eigenvalue weighted by Gasteiger charge is 2.54. The summed E-state index contributed by atoms with van der Waals surface area (Å²) in [6.07, 6.45) is 0.832. The van der Waals surface area contributed by atoms with Gasteiger partial charge in [-0.05, 0) is 6.07 Å². The molecule has 0 spiro atoms. The van der Waals surface area contributed by atoms with E-state index in [9.17, 15) is 31.9 Å². The van der Waals surface area contributed by atoms with Crippen LogP contribution in [0.15, 0.2) is 34.2 Å². The minimum Gasteiger partial charge on any atom is -0.438 e. The van der Waals surface area contributed by atoms with Crippen LogP contribution in [0.25, 0.3) is 16.9 Å². The molecule has 2 fully saturated rings. The number of hydrogen-bond donors (Lipinski definition) is 2. The molecule has 1 atom stereocenters. The Labute approximate surface area is 180 Å². The van der Waals surface area contributed by atoms with Gasteiger partial charge in [-0.2, -0.15) is 5.10 Å². The molecular weight excluding hydrogens is 454 g/mol. The van der Waals surface area contributed by atoms with Gasteiger partial charge in [0, 0.05) is 18.6 Å². The van der Waals surface area contributed by atoms with Gasteiger partial charge in [0.25, 0.3) is 11.5 Å². The SMILES string of the molecule is O=C(OC1CN(c2cc(-c3c[nH]c(=O)[nH]c3=O)nn3ccnc23)CC1(F)F)N1CC(F)(F)C1. The molecule has 5 rings (SSSR count). The van der Waals surface area contributed by atoms with Crippen LogP contribution < -0.4 is 16.1 Å². The number of aromatic nitrogens is 5. The van der Waals surface area contributed by atoms with Gasteiger partial charge in [0.15, 0.2) is 11.8 Å². The molecule has 33 heavy (non-hydrogen) atoms. The van der Waals surface area contributed by atoms with Gasteiger partial charge in [-0.1, -0.05) is 0 Å². The molecule has 2 aliphatic heterocycles. The van der Waals surface area contributed by atoms with Crippen molar-refractivity contribution in [1.29, 1.82) is 0 Å². The lowest BCUT2D eigenvalue weighted by Gasteiger charge is -2.38. The number of fused-ring (bicyclic) bond motifs is 1. The van der Waals surface area contributed by atoms with E-state index in [1.807, 2.05) is 0 Å². The Morgan fingerprint density at radius 3 is 2.64 bits per heavy atom. The van der Waals surface area contributed by atoms with E-state index in [-0.39, 0.29) is 22.6 Å². The number of carbonyl (C=O) groups is 1. The van der Waals surface area contributed by atoms with Crippen molar-refractivity contribution in [3.63, 3.8) is 0 Å². The molecule has 11 nitrogen and oxygen atoms in total. The van der Waals surface area contributed by atoms with Gasteiger partial charge in [0.2, 0.25) is 0 Å². The summed E-state index contributed by atoms with van der Waals surface area (Å²) in [4.78, 5) is 45.8. The van der Waals surface area contributed by atoms with Crippen LogP contribution >= 0.6 is 0 Å². The average Bonchev–Trinajstić information content (AvgIpc) is 3.29. The minimum absolute atomic E-state index is 0.0147. The molecule has 5 heterocycles. The van der Waals surface area contributed by atoms with Gasteiger partial charge in [0.05, 0.1) is 37.4 Å². The van der Waals surface area contributed by atoms with Crippen molar-refractivity contribution >= 4 is 17.4 Å². The number of aromatic amines is 2. The summed E-state index contributed by atoms with van der Waals surface area (Å²) in [5.41, 5.74) is -1.04. The van der Waals surface area contributed by atoms with Crippen LogP contribution in [-0.2, 0) is 4.74 Å². The van der Waals surface area contributed by atoms with Crippen molar-refractivity contribution in [3.8, 4) is 11.3 Å². The molecule has 2 saturated heterocycles. The quantitative estimate of drug-likeness (QED) is 0.540. The second kappa shape index (κ2) is 7.05. The Hall–Kier alpha value is -3.91. The van der Waals surface area contributed by atoms with Gasteiger partial charge in [0.1, 0.15) is 5.69 Å². The number of alkyl halides is 4. The van der Waals surface area contributed by atoms with Gasteiger partial charge in [-0.3, -0.25) is 14.7 Å². The number of H-pyrrole nitrogens is 2. The van der Waals surface area contributed by atoms with Gasteiger partial charge in [-0.25, -0.2) is 36.7 Å². The summed E-state index contributed by atoms with van der Waals surface area (Å²) < 4.78 is 61.4. The fourth-order valence-corrected chi connectivity index (χ4v) is 3.76. The Morgan fingerprint density at radius 1 is 1.18 bits per heavy atom. The molecule has 0 bridgehead atoms. The summed E-state index contributed by atoms with van der Waals surface area (Å²) in [5.74, 6) is -6.53. The smallest absolute Gasteiger partial charge is 0.410 e. The topological polar surface area (TPSA) is 129 Å². The molecule has 1 unspecified atom stereocenters. The molecule has 0 radical (unpaired) electrons. The Bertz CT molecular complexity index is 1360. The third-order valence-corrected chi connectivity index (χ3v) is 5.38. The van der Waals surface area contributed by atoms with E-state index in [4.69, 9.17) is 4.74 Å². The molecule has 15 heteroatoms. The van der Waals surface area contributed by atoms with Crippen LogP contribution in [-0.4, -0.2) is 79.7 Å². The first-order valence-electron chi connectivity index (χ1n) is 9.65. The van der Waals surface area contributed by atoms with Crippen LogP contribution in [0, 0.1) is 0 Å². The number of halogens is 4. The number of nitrogens with zero attached hydrogens (tertiary/aromatic N) is 5. The van der Waals surface area contributed by atoms with Gasteiger partial charge in [-0.15, -0.1) is 0 Å². The molecule has 0 saturated carbocycles. The van der Waals surface area contributed by atoms with Crippen LogP contribution in [0.2, 0.25) is 0 Å². The maximum atomic E-state index is 14.7. The first kappa shape index (κ1) is 21.0. The minimum atomic E-state index is -3.48. The lowest BCUT2D eigenvalue weighted by Crippen LogP contribution is -2.59. The molecular formula is C18H15F4N7O4. The van der Waals surface area contributed by atoms with Crippen LogP contribution in [0.4, 0.5) is 28.0 Å². The van der Waals surface area contributed by atoms with Crippen molar-refractivity contribution in [2.24, 2.45) is 0 Å². The third kappa shape index (κ3) is 3.68. The first-order chi connectivity index (χ1) is 15.5. The van der Waals surface area contributed by atoms with Gasteiger partial charge < -0.3 is 14.6 Å². The molecule has 174 valence electrons. The molecule has 3 aromatic heterocycles. The zero-order valence-corrected chi connectivity index (χ0v) is 16.6. The number of hydrogen-bond acceptors (Lipinski definition) is 7. The van der Waals surface area contributed by atoms with Crippen molar-refractivity contribution in [3.05, 3.63) is 45.5 Å². The fourth-order valence-electron chi connectivity index (χ4n) is 3.76. The Balaban J connectivity index is 1.45. The largest absolute Gasteiger partial charge is 0.438 e. The highest BCUT2D eigenvalue weighted by Crippen LogP contribution is 2.36. The monoisotopic (exact) mass is 469 g/mol. The van der Waals surface area contributed by atoms with E-state index in [2.05, 4.69) is 20.1 Å². The standard InChI is InChI=1S/C18H15F4N7O4/c19-17(20)6-28(7-17)16(32)33-12-5-27(8-18(12,21)22)11-3-10(26-29-2-1-23-13(11)29)9-4-24-15(31)25-14(9)30/h1-4,12H,5-8H2,(H2,24,25,30,31). The molecule has 2 N–H and O–H groups in total. The second-order valence-corrected chi connectivity index (χ2v) is 7.82. The summed E-state index contributed by atoms with van der Waals surface area (Å²) in [6.45, 7) is -3.07. The molecule has 0 aromatic carbocycles. The Morgan fingerprint density at radius 2 is 1.94 bits per heavy atom. The lowest BCUT2D eigenvalue weighted by molar-refractivity contribution is -0.135. The van der Waals surface area contributed by atoms with E-state index < -0.39 is 61.5 Å². The zero-order valence-electron chi connectivity index (χ0n) is 16.6. The Kier molecular flexibility index (Phi) is 4.48. The van der Waals surface area contributed by atoms with E-state index in [0.717, 1.165) is 6.20 Å². The number of ether oxygens (including phenoxy) is 1. The van der Waals surface area contributed by atoms with Crippen LogP contribution in [0.5, 0.6) is 0 Å². The van der Waals surface area contributed by atoms with E-state index in [0.29, 0.717) is 4.90 Å². The second-order valence-electron chi connectivity index (χ2n) is 7.82. The predicted octanol–water partition coefficient (Wildman–Crippen LogP) is 0.684. The van der Waals surface area contributed by atoms with Crippen molar-refractivity contribution in [2.45, 2.75) is 17.9 Å². The molecule has 1 amide bonds. The number of nitrogens with one attached hydrogen (secondary N) is 2. The fraction of sp³-hybridized carbons (Fsp3) is 0.389. The number of likely N-dealkylation sites (tertiary alicyclic amines) is 1. The highest BCUT2D eigenvalue weighted by molar-refractivity contribution is 5.75. The van der Waals surface area contributed by atoms with Crippen LogP contribution in [0.3, 0.4) is 0 Å². The van der Waals surface area contributed by atoms with Crippen molar-refractivity contribution in [1.82, 2.24) is 29.5 Å². The van der Waals surface area contributed by atoms with Crippen LogP contribution in [0.1, 0.15) is 0 Å². The number of imidazole rings is 1. The van der Waals surface area contributed by atoms with E-state index in [1.54, 1.807) is 0 Å². The molecule has 3 aromatic rings. The van der Waals surface area contributed by atoms with E-state index in [1.165, 1.54) is 27.9 Å². The normalized spacial score (nSPS) is 21.3. The summed E-state index contributed by atoms with van der Waals surface area (Å²) in [7, 11) is 0. The number of anilines is 1. The maximum Gasteiger partial charge on any atom is 0.410 e. The third-order valence-electron chi connectivity index (χ3n) is 5.38. The predicted molar refractivity (Wildman–Crippen MR) is 104 cm³/mol. The summed E-state index contributed by atoms with van der Waals surface area (Å²) in [6, 6.07) is 1.35. The molecule has 2 aliphatic rings. The summed E-state index contributed by atoms with van der Waals surface area (Å²) in [5, 5.41) is 4.22. The zero-order chi connectivity index (χ0) is 23.5. The summed E-state index contributed by atoms with van der Waals surface area (Å²) >= 11 is 0. The van der Waals surface area contributed by atoms with Gasteiger partial charge >= 0.3 is 17.7 Å². The number of carbonyl (C=O) groups excluding carboxylic acids is 1. The van der Waals surface area contributed by atoms with Crippen molar-refractivity contribution in [2.75, 3.05) is 31.1 Å². The molecule has 0 aliphatic carbocycles. The van der Waals surface area contributed by atoms with Crippen molar-refractivity contribution < 1.29 is 27.1 Å². The van der Waals surface area contributed by atoms with E-state index >= 15 is 0 Å². The average molecular weight is 469 g/mol. The lowest BCUT2D eigenvalue weighted by atomic mass is 10.2. The number of rotatable bonds is 3. The highest BCUT2D eigenvalue weighted by atomic mass is 19.3.